The Bertz CT molecular complexity index is 1010. The number of amides is 4. The summed E-state index contributed by atoms with van der Waals surface area (Å²) in [6, 6.07) is 6.77. The molecule has 31 heavy (non-hydrogen) atoms. The van der Waals surface area contributed by atoms with Crippen molar-refractivity contribution in [2.75, 3.05) is 25.0 Å². The Labute approximate surface area is 185 Å². The molecule has 2 aliphatic rings. The molecular weight excluding hydrogens is 420 g/mol. The molecule has 2 fully saturated rings. The van der Waals surface area contributed by atoms with Crippen LogP contribution in [0.4, 0.5) is 10.5 Å². The second-order valence-electron chi connectivity index (χ2n) is 8.35. The molecule has 2 aromatic rings. The molecule has 10 heteroatoms. The normalized spacial score (nSPS) is 18.0. The molecule has 2 aliphatic heterocycles. The van der Waals surface area contributed by atoms with Crippen LogP contribution in [0.5, 0.6) is 0 Å². The highest BCUT2D eigenvalue weighted by molar-refractivity contribution is 6.30. The molecule has 2 saturated heterocycles. The number of carbonyl (C=O) groups excluding carboxylic acids is 3. The van der Waals surface area contributed by atoms with Crippen molar-refractivity contribution in [2.45, 2.75) is 32.0 Å². The van der Waals surface area contributed by atoms with Crippen LogP contribution in [0.15, 0.2) is 36.7 Å². The van der Waals surface area contributed by atoms with E-state index in [1.165, 1.54) is 4.90 Å². The van der Waals surface area contributed by atoms with Crippen LogP contribution in [0.25, 0.3) is 0 Å². The van der Waals surface area contributed by atoms with Crippen LogP contribution in [0.1, 0.15) is 19.4 Å². The van der Waals surface area contributed by atoms with Crippen LogP contribution in [0.3, 0.4) is 0 Å². The fourth-order valence-electron chi connectivity index (χ4n) is 4.08. The molecule has 0 atom stereocenters. The monoisotopic (exact) mass is 444 g/mol. The van der Waals surface area contributed by atoms with Gasteiger partial charge in [-0.3, -0.25) is 14.3 Å². The first kappa shape index (κ1) is 21.2. The number of rotatable bonds is 4. The molecule has 9 nitrogen and oxygen atoms in total. The summed E-state index contributed by atoms with van der Waals surface area (Å²) in [5.41, 5.74) is 0.383. The van der Waals surface area contributed by atoms with Crippen molar-refractivity contribution >= 4 is 35.1 Å². The van der Waals surface area contributed by atoms with Gasteiger partial charge in [-0.25, -0.2) is 4.79 Å². The van der Waals surface area contributed by atoms with Crippen molar-refractivity contribution < 1.29 is 14.4 Å². The maximum atomic E-state index is 13.4. The van der Waals surface area contributed by atoms with E-state index in [2.05, 4.69) is 10.4 Å². The topological polar surface area (TPSA) is 90.8 Å². The van der Waals surface area contributed by atoms with E-state index >= 15 is 0 Å². The van der Waals surface area contributed by atoms with Crippen LogP contribution in [0.2, 0.25) is 5.02 Å². The first-order valence-corrected chi connectivity index (χ1v) is 10.5. The average molecular weight is 445 g/mol. The standard InChI is InChI=1S/C21H25ClN6O3/c1-14(2)27-11-18(29)28(9-15-4-6-16(22)7-5-15)21(19(27)30)12-26(13-21)20(31)24-17-8-23-25(3)10-17/h4-8,10,14H,9,11-13H2,1-3H3,(H,24,31). The molecule has 0 bridgehead atoms. The summed E-state index contributed by atoms with van der Waals surface area (Å²) in [7, 11) is 1.76. The van der Waals surface area contributed by atoms with Gasteiger partial charge in [-0.15, -0.1) is 0 Å². The van der Waals surface area contributed by atoms with Gasteiger partial charge in [0.2, 0.25) is 5.91 Å². The van der Waals surface area contributed by atoms with Crippen molar-refractivity contribution in [1.82, 2.24) is 24.5 Å². The molecule has 4 rings (SSSR count). The number of hydrogen-bond acceptors (Lipinski definition) is 4. The lowest BCUT2D eigenvalue weighted by atomic mass is 9.83. The number of nitrogens with zero attached hydrogens (tertiary/aromatic N) is 5. The first-order valence-electron chi connectivity index (χ1n) is 10.1. The molecule has 0 radical (unpaired) electrons. The number of halogens is 1. The molecule has 0 aliphatic carbocycles. The number of carbonyl (C=O) groups is 3. The zero-order valence-corrected chi connectivity index (χ0v) is 18.5. The lowest BCUT2D eigenvalue weighted by Crippen LogP contribution is -2.81. The van der Waals surface area contributed by atoms with Crippen LogP contribution >= 0.6 is 11.6 Å². The number of urea groups is 1. The average Bonchev–Trinajstić information content (AvgIpc) is 3.09. The van der Waals surface area contributed by atoms with Gasteiger partial charge in [0.25, 0.3) is 5.91 Å². The fraction of sp³-hybridized carbons (Fsp3) is 0.429. The minimum atomic E-state index is -1.06. The van der Waals surface area contributed by atoms with Crippen molar-refractivity contribution in [3.05, 3.63) is 47.2 Å². The second-order valence-corrected chi connectivity index (χ2v) is 8.79. The Morgan fingerprint density at radius 1 is 1.23 bits per heavy atom. The van der Waals surface area contributed by atoms with E-state index in [9.17, 15) is 14.4 Å². The lowest BCUT2D eigenvalue weighted by Gasteiger charge is -2.58. The minimum absolute atomic E-state index is 0.0354. The Kier molecular flexibility index (Phi) is 5.38. The zero-order valence-electron chi connectivity index (χ0n) is 17.7. The summed E-state index contributed by atoms with van der Waals surface area (Å²) in [5, 5.41) is 7.42. The van der Waals surface area contributed by atoms with E-state index in [0.717, 1.165) is 5.56 Å². The Hall–Kier alpha value is -3.07. The Morgan fingerprint density at radius 3 is 2.48 bits per heavy atom. The molecule has 164 valence electrons. The molecule has 3 heterocycles. The summed E-state index contributed by atoms with van der Waals surface area (Å²) >= 11 is 5.98. The highest BCUT2D eigenvalue weighted by atomic mass is 35.5. The highest BCUT2D eigenvalue weighted by Gasteiger charge is 2.60. The summed E-state index contributed by atoms with van der Waals surface area (Å²) in [6.45, 7) is 4.37. The van der Waals surface area contributed by atoms with Crippen LogP contribution in [0, 0.1) is 0 Å². The molecule has 1 aromatic carbocycles. The van der Waals surface area contributed by atoms with Gasteiger partial charge in [0, 0.05) is 30.9 Å². The number of anilines is 1. The molecular formula is C21H25ClN6O3. The van der Waals surface area contributed by atoms with Crippen molar-refractivity contribution in [3.63, 3.8) is 0 Å². The second kappa shape index (κ2) is 7.88. The quantitative estimate of drug-likeness (QED) is 0.780. The predicted molar refractivity (Wildman–Crippen MR) is 115 cm³/mol. The molecule has 1 spiro atoms. The predicted octanol–water partition coefficient (Wildman–Crippen LogP) is 1.94. The third kappa shape index (κ3) is 3.85. The van der Waals surface area contributed by atoms with Gasteiger partial charge in [0.1, 0.15) is 6.54 Å². The van der Waals surface area contributed by atoms with Crippen LogP contribution < -0.4 is 5.32 Å². The molecule has 1 N–H and O–H groups in total. The van der Waals surface area contributed by atoms with Crippen molar-refractivity contribution in [3.8, 4) is 0 Å². The third-order valence-electron chi connectivity index (χ3n) is 5.81. The maximum absolute atomic E-state index is 13.4. The van der Waals surface area contributed by atoms with Gasteiger partial charge < -0.3 is 20.0 Å². The van der Waals surface area contributed by atoms with Gasteiger partial charge in [-0.2, -0.15) is 5.10 Å². The summed E-state index contributed by atoms with van der Waals surface area (Å²) in [5.74, 6) is -0.253. The molecule has 4 amide bonds. The van der Waals surface area contributed by atoms with Gasteiger partial charge in [0.05, 0.1) is 25.0 Å². The van der Waals surface area contributed by atoms with Gasteiger partial charge in [-0.1, -0.05) is 23.7 Å². The largest absolute Gasteiger partial charge is 0.329 e. The van der Waals surface area contributed by atoms with E-state index < -0.39 is 5.54 Å². The van der Waals surface area contributed by atoms with E-state index in [1.807, 2.05) is 26.0 Å². The van der Waals surface area contributed by atoms with Crippen LogP contribution in [-0.2, 0) is 23.2 Å². The Balaban J connectivity index is 1.56. The molecule has 1 aromatic heterocycles. The molecule has 0 saturated carbocycles. The van der Waals surface area contributed by atoms with Gasteiger partial charge in [0.15, 0.2) is 5.54 Å². The number of hydrogen-bond donors (Lipinski definition) is 1. The summed E-state index contributed by atoms with van der Waals surface area (Å²) < 4.78 is 1.59. The lowest BCUT2D eigenvalue weighted by molar-refractivity contribution is -0.178. The fourth-order valence-corrected chi connectivity index (χ4v) is 4.20. The number of likely N-dealkylation sites (tertiary alicyclic amines) is 1. The number of aryl methyl sites for hydroxylation is 1. The number of aromatic nitrogens is 2. The molecule has 0 unspecified atom stereocenters. The SMILES string of the molecule is CC(C)N1CC(=O)N(Cc2ccc(Cl)cc2)C2(CN(C(=O)Nc3cnn(C)c3)C2)C1=O. The van der Waals surface area contributed by atoms with E-state index in [4.69, 9.17) is 11.6 Å². The number of nitrogens with one attached hydrogen (secondary N) is 1. The number of benzene rings is 1. The van der Waals surface area contributed by atoms with E-state index in [1.54, 1.807) is 46.1 Å². The highest BCUT2D eigenvalue weighted by Crippen LogP contribution is 2.36. The Morgan fingerprint density at radius 2 is 1.90 bits per heavy atom. The number of piperazine rings is 1. The first-order chi connectivity index (χ1) is 14.7. The van der Waals surface area contributed by atoms with Crippen LogP contribution in [-0.4, -0.2) is 73.5 Å². The van der Waals surface area contributed by atoms with Crippen molar-refractivity contribution in [2.24, 2.45) is 7.05 Å². The maximum Gasteiger partial charge on any atom is 0.322 e. The van der Waals surface area contributed by atoms with Gasteiger partial charge >= 0.3 is 6.03 Å². The third-order valence-corrected chi connectivity index (χ3v) is 6.06. The van der Waals surface area contributed by atoms with E-state index in [0.29, 0.717) is 10.7 Å². The summed E-state index contributed by atoms with van der Waals surface area (Å²) in [4.78, 5) is 43.9. The zero-order chi connectivity index (χ0) is 22.3. The van der Waals surface area contributed by atoms with Gasteiger partial charge in [-0.05, 0) is 31.5 Å². The smallest absolute Gasteiger partial charge is 0.322 e. The van der Waals surface area contributed by atoms with E-state index in [-0.39, 0.29) is 50.1 Å². The summed E-state index contributed by atoms with van der Waals surface area (Å²) in [6.07, 6.45) is 3.24. The van der Waals surface area contributed by atoms with Crippen molar-refractivity contribution in [1.29, 1.82) is 0 Å². The minimum Gasteiger partial charge on any atom is -0.329 e.